The highest BCUT2D eigenvalue weighted by Crippen LogP contribution is 2.40. The quantitative estimate of drug-likeness (QED) is 0.322. The molecule has 4 rings (SSSR count). The summed E-state index contributed by atoms with van der Waals surface area (Å²) in [5.41, 5.74) is 1.19. The second-order valence-electron chi connectivity index (χ2n) is 7.84. The molecule has 0 unspecified atom stereocenters. The van der Waals surface area contributed by atoms with E-state index in [1.807, 2.05) is 6.07 Å². The maximum absolute atomic E-state index is 13.0. The van der Waals surface area contributed by atoms with Crippen molar-refractivity contribution in [1.82, 2.24) is 25.0 Å². The molecule has 1 saturated carbocycles. The Bertz CT molecular complexity index is 1200. The first kappa shape index (κ1) is 23.2. The minimum Gasteiger partial charge on any atom is -0.465 e. The van der Waals surface area contributed by atoms with Gasteiger partial charge in [-0.15, -0.1) is 11.3 Å². The summed E-state index contributed by atoms with van der Waals surface area (Å²) in [5, 5.41) is 15.5. The van der Waals surface area contributed by atoms with Crippen LogP contribution >= 0.6 is 11.3 Å². The van der Waals surface area contributed by atoms with Crippen LogP contribution in [-0.2, 0) is 10.0 Å². The summed E-state index contributed by atoms with van der Waals surface area (Å²) in [7, 11) is -3.73. The lowest BCUT2D eigenvalue weighted by molar-refractivity contribution is 0.185. The summed E-state index contributed by atoms with van der Waals surface area (Å²) < 4.78 is 28.5. The second-order valence-corrected chi connectivity index (χ2v) is 10.6. The lowest BCUT2D eigenvalue weighted by Gasteiger charge is -2.27. The van der Waals surface area contributed by atoms with E-state index in [4.69, 9.17) is 5.11 Å². The van der Waals surface area contributed by atoms with E-state index in [0.29, 0.717) is 17.2 Å². The number of sulfonamides is 1. The number of aromatic nitrogens is 3. The molecule has 0 aliphatic heterocycles. The third-order valence-electron chi connectivity index (χ3n) is 5.56. The van der Waals surface area contributed by atoms with Crippen molar-refractivity contribution in [3.05, 3.63) is 41.8 Å². The number of thiazole rings is 1. The largest absolute Gasteiger partial charge is 0.465 e. The van der Waals surface area contributed by atoms with Crippen LogP contribution in [0.25, 0.3) is 10.4 Å². The van der Waals surface area contributed by atoms with Gasteiger partial charge in [-0.2, -0.15) is 0 Å². The molecule has 1 aromatic carbocycles. The van der Waals surface area contributed by atoms with Crippen LogP contribution in [0.2, 0.25) is 0 Å². The summed E-state index contributed by atoms with van der Waals surface area (Å²) in [5.74, 6) is 0.756. The number of hydrogen-bond donors (Lipinski definition) is 5. The number of carboxylic acid groups (broad SMARTS) is 1. The topological polar surface area (TPSA) is 149 Å². The lowest BCUT2D eigenvalue weighted by Crippen LogP contribution is -2.36. The van der Waals surface area contributed by atoms with E-state index in [1.165, 1.54) is 11.3 Å². The van der Waals surface area contributed by atoms with E-state index in [-0.39, 0.29) is 23.4 Å². The van der Waals surface area contributed by atoms with Crippen LogP contribution in [0.3, 0.4) is 0 Å². The molecule has 2 heterocycles. The van der Waals surface area contributed by atoms with Crippen LogP contribution in [0.5, 0.6) is 0 Å². The van der Waals surface area contributed by atoms with E-state index in [9.17, 15) is 13.2 Å². The maximum atomic E-state index is 13.0. The van der Waals surface area contributed by atoms with Gasteiger partial charge in [-0.1, -0.05) is 13.0 Å². The smallest absolute Gasteiger partial charge is 0.404 e. The van der Waals surface area contributed by atoms with Crippen LogP contribution in [-0.4, -0.2) is 47.2 Å². The van der Waals surface area contributed by atoms with E-state index in [2.05, 4.69) is 30.3 Å². The summed E-state index contributed by atoms with van der Waals surface area (Å²) in [6.45, 7) is 2.02. The molecule has 1 amide bonds. The van der Waals surface area contributed by atoms with Gasteiger partial charge in [0.1, 0.15) is 0 Å². The van der Waals surface area contributed by atoms with Gasteiger partial charge in [0, 0.05) is 48.3 Å². The Labute approximate surface area is 195 Å². The second kappa shape index (κ2) is 9.89. The van der Waals surface area contributed by atoms with Gasteiger partial charge < -0.3 is 20.7 Å². The number of benzene rings is 1. The SMILES string of the molecule is CCNS(=O)(=O)c1cc(Nc2ncc[nH]2)ccc1-c1cnc(C2CCC(NC(=O)O)CC2)s1. The average Bonchev–Trinajstić information content (AvgIpc) is 3.46. The molecule has 12 heteroatoms. The molecule has 3 aromatic rings. The highest BCUT2D eigenvalue weighted by molar-refractivity contribution is 7.89. The number of hydrogen-bond acceptors (Lipinski definition) is 7. The van der Waals surface area contributed by atoms with Crippen LogP contribution in [0.4, 0.5) is 16.4 Å². The highest BCUT2D eigenvalue weighted by Gasteiger charge is 2.27. The molecule has 5 N–H and O–H groups in total. The van der Waals surface area contributed by atoms with Crippen molar-refractivity contribution in [2.24, 2.45) is 0 Å². The van der Waals surface area contributed by atoms with Crippen LogP contribution in [0.1, 0.15) is 43.5 Å². The van der Waals surface area contributed by atoms with Crippen LogP contribution < -0.4 is 15.4 Å². The number of aromatic amines is 1. The third-order valence-corrected chi connectivity index (χ3v) is 8.34. The van der Waals surface area contributed by atoms with E-state index < -0.39 is 16.1 Å². The third kappa shape index (κ3) is 5.52. The molecular formula is C21H26N6O4S2. The molecule has 0 saturated heterocycles. The Morgan fingerprint density at radius 1 is 1.24 bits per heavy atom. The molecule has 176 valence electrons. The number of rotatable bonds is 8. The molecule has 1 fully saturated rings. The predicted molar refractivity (Wildman–Crippen MR) is 126 cm³/mol. The molecule has 0 spiro atoms. The standard InChI is InChI=1S/C21H26N6O4S2/c1-2-25-33(30,31)18-11-15(26-20-22-9-10-23-20)7-8-16(18)17-12-24-19(32-17)13-3-5-14(6-4-13)27-21(28)29/h7-14,25,27H,2-6H2,1H3,(H,28,29)(H2,22,23,26). The zero-order chi connectivity index (χ0) is 23.4. The van der Waals surface area contributed by atoms with Crippen molar-refractivity contribution in [3.63, 3.8) is 0 Å². The highest BCUT2D eigenvalue weighted by atomic mass is 32.2. The van der Waals surface area contributed by atoms with E-state index in [0.717, 1.165) is 35.6 Å². The van der Waals surface area contributed by atoms with Gasteiger partial charge in [0.05, 0.1) is 14.8 Å². The summed E-state index contributed by atoms with van der Waals surface area (Å²) in [6.07, 6.45) is 7.22. The Balaban J connectivity index is 1.59. The normalized spacial score (nSPS) is 18.7. The number of nitrogens with zero attached hydrogens (tertiary/aromatic N) is 2. The van der Waals surface area contributed by atoms with Crippen molar-refractivity contribution in [3.8, 4) is 10.4 Å². The molecule has 0 atom stereocenters. The van der Waals surface area contributed by atoms with Crippen LogP contribution in [0.15, 0.2) is 41.7 Å². The summed E-state index contributed by atoms with van der Waals surface area (Å²) in [4.78, 5) is 23.5. The lowest BCUT2D eigenvalue weighted by atomic mass is 9.86. The van der Waals surface area contributed by atoms with Crippen molar-refractivity contribution in [2.75, 3.05) is 11.9 Å². The van der Waals surface area contributed by atoms with Gasteiger partial charge in [-0.05, 0) is 37.8 Å². The molecule has 1 aliphatic rings. The number of imidazole rings is 1. The van der Waals surface area contributed by atoms with E-state index >= 15 is 0 Å². The first-order valence-corrected chi connectivity index (χ1v) is 13.0. The molecule has 0 radical (unpaired) electrons. The zero-order valence-electron chi connectivity index (χ0n) is 18.0. The molecule has 0 bridgehead atoms. The molecule has 10 nitrogen and oxygen atoms in total. The first-order chi connectivity index (χ1) is 15.9. The van der Waals surface area contributed by atoms with Gasteiger partial charge in [0.25, 0.3) is 0 Å². The number of anilines is 2. The Kier molecular flexibility index (Phi) is 6.96. The predicted octanol–water partition coefficient (Wildman–Crippen LogP) is 3.87. The first-order valence-electron chi connectivity index (χ1n) is 10.7. The van der Waals surface area contributed by atoms with Crippen molar-refractivity contribution in [1.29, 1.82) is 0 Å². The minimum absolute atomic E-state index is 0.0238. The number of carbonyl (C=O) groups is 1. The number of nitrogens with one attached hydrogen (secondary N) is 4. The minimum atomic E-state index is -3.73. The van der Waals surface area contributed by atoms with Gasteiger partial charge in [-0.3, -0.25) is 0 Å². The van der Waals surface area contributed by atoms with E-state index in [1.54, 1.807) is 37.6 Å². The van der Waals surface area contributed by atoms with Crippen LogP contribution in [0, 0.1) is 0 Å². The Morgan fingerprint density at radius 3 is 2.70 bits per heavy atom. The fourth-order valence-electron chi connectivity index (χ4n) is 4.02. The number of amides is 1. The molecular weight excluding hydrogens is 464 g/mol. The summed E-state index contributed by atoms with van der Waals surface area (Å²) >= 11 is 1.49. The molecule has 1 aliphatic carbocycles. The Hall–Kier alpha value is -2.96. The fraction of sp³-hybridized carbons (Fsp3) is 0.381. The van der Waals surface area contributed by atoms with Crippen molar-refractivity contribution in [2.45, 2.75) is 49.5 Å². The summed E-state index contributed by atoms with van der Waals surface area (Å²) in [6, 6.07) is 5.16. The number of H-pyrrole nitrogens is 1. The molecule has 2 aromatic heterocycles. The van der Waals surface area contributed by atoms with Crippen molar-refractivity contribution < 1.29 is 18.3 Å². The van der Waals surface area contributed by atoms with Gasteiger partial charge in [0.15, 0.2) is 0 Å². The monoisotopic (exact) mass is 490 g/mol. The molecule has 33 heavy (non-hydrogen) atoms. The van der Waals surface area contributed by atoms with Crippen molar-refractivity contribution >= 4 is 39.1 Å². The zero-order valence-corrected chi connectivity index (χ0v) is 19.7. The van der Waals surface area contributed by atoms with Gasteiger partial charge in [-0.25, -0.2) is 27.9 Å². The maximum Gasteiger partial charge on any atom is 0.404 e. The van der Waals surface area contributed by atoms with Gasteiger partial charge >= 0.3 is 6.09 Å². The van der Waals surface area contributed by atoms with Gasteiger partial charge in [0.2, 0.25) is 16.0 Å². The average molecular weight is 491 g/mol. The Morgan fingerprint density at radius 2 is 2.03 bits per heavy atom. The fourth-order valence-corrected chi connectivity index (χ4v) is 6.50.